The molecule has 0 saturated carbocycles. The van der Waals surface area contributed by atoms with Gasteiger partial charge >= 0.3 is 0 Å². The molecule has 5 nitrogen and oxygen atoms in total. The molecule has 1 amide bonds. The number of carbonyl (C=O) groups is 1. The van der Waals surface area contributed by atoms with Gasteiger partial charge in [0.05, 0.1) is 0 Å². The average molecular weight is 286 g/mol. The average Bonchev–Trinajstić information content (AvgIpc) is 3.18. The maximum absolute atomic E-state index is 12.5. The van der Waals surface area contributed by atoms with Crippen LogP contribution < -0.4 is 0 Å². The Morgan fingerprint density at radius 2 is 1.95 bits per heavy atom. The second-order valence-electron chi connectivity index (χ2n) is 6.02. The molecule has 112 valence electrons. The fourth-order valence-electron chi connectivity index (χ4n) is 2.86. The monoisotopic (exact) mass is 286 g/mol. The summed E-state index contributed by atoms with van der Waals surface area (Å²) in [6.07, 6.45) is 6.21. The summed E-state index contributed by atoms with van der Waals surface area (Å²) >= 11 is 0. The van der Waals surface area contributed by atoms with Gasteiger partial charge in [0.1, 0.15) is 5.69 Å². The van der Waals surface area contributed by atoms with Crippen LogP contribution in [0.3, 0.4) is 0 Å². The predicted molar refractivity (Wildman–Crippen MR) is 81.3 cm³/mol. The molecule has 2 aromatic heterocycles. The number of amides is 1. The van der Waals surface area contributed by atoms with Crippen LogP contribution in [0.5, 0.6) is 0 Å². The van der Waals surface area contributed by atoms with Gasteiger partial charge in [-0.3, -0.25) is 9.89 Å². The molecule has 0 unspecified atom stereocenters. The van der Waals surface area contributed by atoms with E-state index in [2.05, 4.69) is 53.1 Å². The fraction of sp³-hybridized carbons (Fsp3) is 0.500. The van der Waals surface area contributed by atoms with Crippen molar-refractivity contribution in [2.24, 2.45) is 0 Å². The number of nitrogens with one attached hydrogen (secondary N) is 1. The number of piperidine rings is 1. The van der Waals surface area contributed by atoms with E-state index in [0.717, 1.165) is 31.6 Å². The molecule has 1 aliphatic heterocycles. The molecule has 1 N–H and O–H groups in total. The number of likely N-dealkylation sites (tertiary alicyclic amines) is 1. The first kappa shape index (κ1) is 13.9. The standard InChI is InChI=1S/C16H22N4O/c1-12(2)14-11-15(18-17-14)16(21)20-9-5-13(6-10-20)19-7-3-4-8-19/h3-4,7-8,11-13H,5-6,9-10H2,1-2H3,(H,17,18). The highest BCUT2D eigenvalue weighted by Crippen LogP contribution is 2.23. The minimum Gasteiger partial charge on any atom is -0.351 e. The van der Waals surface area contributed by atoms with E-state index in [1.807, 2.05) is 11.0 Å². The van der Waals surface area contributed by atoms with Crippen LogP contribution in [-0.2, 0) is 0 Å². The predicted octanol–water partition coefficient (Wildman–Crippen LogP) is 2.81. The third-order valence-electron chi connectivity index (χ3n) is 4.24. The van der Waals surface area contributed by atoms with Gasteiger partial charge in [-0.1, -0.05) is 13.8 Å². The molecule has 3 rings (SSSR count). The van der Waals surface area contributed by atoms with Crippen LogP contribution in [0.15, 0.2) is 30.6 Å². The number of rotatable bonds is 3. The lowest BCUT2D eigenvalue weighted by molar-refractivity contribution is 0.0688. The van der Waals surface area contributed by atoms with Crippen LogP contribution in [0, 0.1) is 0 Å². The van der Waals surface area contributed by atoms with Crippen molar-refractivity contribution >= 4 is 5.91 Å². The highest BCUT2D eigenvalue weighted by atomic mass is 16.2. The van der Waals surface area contributed by atoms with Gasteiger partial charge in [0.25, 0.3) is 5.91 Å². The summed E-state index contributed by atoms with van der Waals surface area (Å²) in [5.74, 6) is 0.405. The number of carbonyl (C=O) groups excluding carboxylic acids is 1. The van der Waals surface area contributed by atoms with Crippen LogP contribution >= 0.6 is 0 Å². The summed E-state index contributed by atoms with van der Waals surface area (Å²) in [4.78, 5) is 14.4. The maximum atomic E-state index is 12.5. The number of nitrogens with zero attached hydrogens (tertiary/aromatic N) is 3. The third kappa shape index (κ3) is 2.86. The summed E-state index contributed by atoms with van der Waals surface area (Å²) in [5.41, 5.74) is 1.55. The summed E-state index contributed by atoms with van der Waals surface area (Å²) in [5, 5.41) is 7.11. The smallest absolute Gasteiger partial charge is 0.274 e. The van der Waals surface area contributed by atoms with E-state index in [1.165, 1.54) is 0 Å². The van der Waals surface area contributed by atoms with Crippen LogP contribution in [-0.4, -0.2) is 38.7 Å². The Labute approximate surface area is 125 Å². The van der Waals surface area contributed by atoms with Gasteiger partial charge in [0, 0.05) is 37.2 Å². The molecule has 2 aromatic rings. The number of aromatic nitrogens is 3. The summed E-state index contributed by atoms with van der Waals surface area (Å²) in [7, 11) is 0. The van der Waals surface area contributed by atoms with Crippen molar-refractivity contribution in [3.8, 4) is 0 Å². The molecule has 1 saturated heterocycles. The van der Waals surface area contributed by atoms with Gasteiger partial charge in [-0.25, -0.2) is 0 Å². The van der Waals surface area contributed by atoms with E-state index in [-0.39, 0.29) is 5.91 Å². The first-order valence-corrected chi connectivity index (χ1v) is 7.62. The maximum Gasteiger partial charge on any atom is 0.274 e. The Kier molecular flexibility index (Phi) is 3.82. The highest BCUT2D eigenvalue weighted by molar-refractivity contribution is 5.92. The molecule has 0 bridgehead atoms. The number of H-pyrrole nitrogens is 1. The normalized spacial score (nSPS) is 16.6. The SMILES string of the molecule is CC(C)c1cc(C(=O)N2CCC(n3cccc3)CC2)n[nH]1. The second-order valence-corrected chi connectivity index (χ2v) is 6.02. The zero-order valence-electron chi connectivity index (χ0n) is 12.6. The first-order chi connectivity index (χ1) is 10.1. The van der Waals surface area contributed by atoms with Gasteiger partial charge in [-0.2, -0.15) is 5.10 Å². The minimum absolute atomic E-state index is 0.0455. The van der Waals surface area contributed by atoms with Gasteiger partial charge in [0.15, 0.2) is 0 Å². The second kappa shape index (κ2) is 5.76. The van der Waals surface area contributed by atoms with Crippen molar-refractivity contribution in [1.29, 1.82) is 0 Å². The van der Waals surface area contributed by atoms with Crippen LogP contribution in [0.2, 0.25) is 0 Å². The van der Waals surface area contributed by atoms with Crippen LogP contribution in [0.4, 0.5) is 0 Å². The Morgan fingerprint density at radius 3 is 2.52 bits per heavy atom. The molecule has 0 aliphatic carbocycles. The Balaban J connectivity index is 1.62. The largest absolute Gasteiger partial charge is 0.351 e. The Bertz CT molecular complexity index is 592. The van der Waals surface area contributed by atoms with E-state index < -0.39 is 0 Å². The van der Waals surface area contributed by atoms with E-state index in [1.54, 1.807) is 0 Å². The molecule has 0 spiro atoms. The number of hydrogen-bond donors (Lipinski definition) is 1. The van der Waals surface area contributed by atoms with Crippen LogP contribution in [0.1, 0.15) is 54.8 Å². The molecule has 0 radical (unpaired) electrons. The Morgan fingerprint density at radius 1 is 1.29 bits per heavy atom. The van der Waals surface area contributed by atoms with Gasteiger partial charge in [0.2, 0.25) is 0 Å². The van der Waals surface area contributed by atoms with Crippen molar-refractivity contribution in [1.82, 2.24) is 19.7 Å². The fourth-order valence-corrected chi connectivity index (χ4v) is 2.86. The summed E-state index contributed by atoms with van der Waals surface area (Å²) in [6, 6.07) is 6.49. The molecule has 3 heterocycles. The molecule has 0 aromatic carbocycles. The Hall–Kier alpha value is -2.04. The van der Waals surface area contributed by atoms with Crippen LogP contribution in [0.25, 0.3) is 0 Å². The van der Waals surface area contributed by atoms with Crippen molar-refractivity contribution in [2.75, 3.05) is 13.1 Å². The molecule has 1 aliphatic rings. The summed E-state index contributed by atoms with van der Waals surface area (Å²) in [6.45, 7) is 5.77. The van der Waals surface area contributed by atoms with Gasteiger partial charge in [-0.05, 0) is 37.0 Å². The highest BCUT2D eigenvalue weighted by Gasteiger charge is 2.25. The molecule has 5 heteroatoms. The minimum atomic E-state index is 0.0455. The van der Waals surface area contributed by atoms with E-state index in [4.69, 9.17) is 0 Å². The quantitative estimate of drug-likeness (QED) is 0.943. The van der Waals surface area contributed by atoms with E-state index in [9.17, 15) is 4.79 Å². The van der Waals surface area contributed by atoms with E-state index >= 15 is 0 Å². The molecular weight excluding hydrogens is 264 g/mol. The lowest BCUT2D eigenvalue weighted by Gasteiger charge is -2.32. The lowest BCUT2D eigenvalue weighted by atomic mass is 10.0. The summed E-state index contributed by atoms with van der Waals surface area (Å²) < 4.78 is 2.24. The van der Waals surface area contributed by atoms with Crippen molar-refractivity contribution in [3.63, 3.8) is 0 Å². The molecular formula is C16H22N4O. The number of aromatic amines is 1. The zero-order chi connectivity index (χ0) is 14.8. The van der Waals surface area contributed by atoms with Gasteiger partial charge in [-0.15, -0.1) is 0 Å². The zero-order valence-corrected chi connectivity index (χ0v) is 12.6. The van der Waals surface area contributed by atoms with Crippen molar-refractivity contribution in [3.05, 3.63) is 42.0 Å². The molecule has 0 atom stereocenters. The number of hydrogen-bond acceptors (Lipinski definition) is 2. The lowest BCUT2D eigenvalue weighted by Crippen LogP contribution is -2.39. The molecule has 1 fully saturated rings. The topological polar surface area (TPSA) is 53.9 Å². The van der Waals surface area contributed by atoms with Crippen molar-refractivity contribution < 1.29 is 4.79 Å². The first-order valence-electron chi connectivity index (χ1n) is 7.62. The van der Waals surface area contributed by atoms with E-state index in [0.29, 0.717) is 17.7 Å². The third-order valence-corrected chi connectivity index (χ3v) is 4.24. The van der Waals surface area contributed by atoms with Gasteiger partial charge < -0.3 is 9.47 Å². The van der Waals surface area contributed by atoms with Crippen molar-refractivity contribution in [2.45, 2.75) is 38.6 Å². The molecule has 21 heavy (non-hydrogen) atoms.